The summed E-state index contributed by atoms with van der Waals surface area (Å²) in [6.45, 7) is 2.25. The SMILES string of the molecule is CCCCCCCC=Nc1ccccc1. The van der Waals surface area contributed by atoms with Crippen LogP contribution in [0, 0.1) is 0 Å². The Morgan fingerprint density at radius 1 is 1.00 bits per heavy atom. The lowest BCUT2D eigenvalue weighted by Crippen LogP contribution is -1.79. The Labute approximate surface area is 93.2 Å². The topological polar surface area (TPSA) is 12.4 Å². The van der Waals surface area contributed by atoms with E-state index < -0.39 is 0 Å². The van der Waals surface area contributed by atoms with Crippen molar-refractivity contribution in [3.05, 3.63) is 30.3 Å². The van der Waals surface area contributed by atoms with Gasteiger partial charge >= 0.3 is 0 Å². The second kappa shape index (κ2) is 8.22. The third kappa shape index (κ3) is 6.05. The lowest BCUT2D eigenvalue weighted by molar-refractivity contribution is 0.645. The summed E-state index contributed by atoms with van der Waals surface area (Å²) in [6.07, 6.45) is 9.83. The Balaban J connectivity index is 2.07. The minimum Gasteiger partial charge on any atom is -0.261 e. The second-order valence-corrected chi connectivity index (χ2v) is 3.85. The third-order valence-electron chi connectivity index (χ3n) is 2.43. The highest BCUT2D eigenvalue weighted by molar-refractivity contribution is 5.62. The molecule has 0 heterocycles. The van der Waals surface area contributed by atoms with Gasteiger partial charge in [0.2, 0.25) is 0 Å². The third-order valence-corrected chi connectivity index (χ3v) is 2.43. The van der Waals surface area contributed by atoms with Gasteiger partial charge in [-0.25, -0.2) is 0 Å². The van der Waals surface area contributed by atoms with Crippen molar-refractivity contribution in [1.82, 2.24) is 0 Å². The molecule has 0 aliphatic carbocycles. The molecule has 0 aliphatic heterocycles. The van der Waals surface area contributed by atoms with E-state index in [0.717, 1.165) is 12.1 Å². The van der Waals surface area contributed by atoms with Gasteiger partial charge in [-0.2, -0.15) is 0 Å². The van der Waals surface area contributed by atoms with Crippen LogP contribution in [0.1, 0.15) is 45.4 Å². The van der Waals surface area contributed by atoms with E-state index in [1.165, 1.54) is 32.1 Å². The van der Waals surface area contributed by atoms with Crippen molar-refractivity contribution in [2.24, 2.45) is 4.99 Å². The van der Waals surface area contributed by atoms with E-state index in [0.29, 0.717) is 0 Å². The van der Waals surface area contributed by atoms with Crippen LogP contribution >= 0.6 is 0 Å². The van der Waals surface area contributed by atoms with Crippen LogP contribution in [-0.4, -0.2) is 6.21 Å². The van der Waals surface area contributed by atoms with Crippen molar-refractivity contribution in [2.75, 3.05) is 0 Å². The van der Waals surface area contributed by atoms with Crippen LogP contribution in [0.4, 0.5) is 5.69 Å². The molecule has 1 aromatic carbocycles. The minimum atomic E-state index is 1.06. The van der Waals surface area contributed by atoms with Gasteiger partial charge in [0, 0.05) is 6.21 Å². The molecule has 0 aliphatic rings. The first kappa shape index (κ1) is 12.0. The Kier molecular flexibility index (Phi) is 6.55. The van der Waals surface area contributed by atoms with Crippen LogP contribution in [0.25, 0.3) is 0 Å². The number of hydrogen-bond donors (Lipinski definition) is 0. The van der Waals surface area contributed by atoms with Gasteiger partial charge < -0.3 is 0 Å². The highest BCUT2D eigenvalue weighted by Crippen LogP contribution is 2.09. The molecule has 1 aromatic rings. The van der Waals surface area contributed by atoms with Crippen LogP contribution < -0.4 is 0 Å². The predicted molar refractivity (Wildman–Crippen MR) is 68.0 cm³/mol. The number of para-hydroxylation sites is 1. The fourth-order valence-corrected chi connectivity index (χ4v) is 1.52. The fourth-order valence-electron chi connectivity index (χ4n) is 1.52. The molecular weight excluding hydrogens is 182 g/mol. The van der Waals surface area contributed by atoms with Gasteiger partial charge in [-0.05, 0) is 25.0 Å². The van der Waals surface area contributed by atoms with Gasteiger partial charge in [0.25, 0.3) is 0 Å². The van der Waals surface area contributed by atoms with E-state index >= 15 is 0 Å². The summed E-state index contributed by atoms with van der Waals surface area (Å²) in [5.74, 6) is 0. The summed E-state index contributed by atoms with van der Waals surface area (Å²) in [4.78, 5) is 4.40. The van der Waals surface area contributed by atoms with Gasteiger partial charge in [0.15, 0.2) is 0 Å². The lowest BCUT2D eigenvalue weighted by Gasteiger charge is -1.96. The van der Waals surface area contributed by atoms with E-state index in [1.807, 2.05) is 36.5 Å². The van der Waals surface area contributed by atoms with Crippen molar-refractivity contribution in [3.63, 3.8) is 0 Å². The molecule has 0 saturated carbocycles. The largest absolute Gasteiger partial charge is 0.261 e. The second-order valence-electron chi connectivity index (χ2n) is 3.85. The van der Waals surface area contributed by atoms with E-state index in [9.17, 15) is 0 Å². The zero-order valence-electron chi connectivity index (χ0n) is 9.65. The molecular formula is C14H21N. The summed E-state index contributed by atoms with van der Waals surface area (Å²) < 4.78 is 0. The normalized spacial score (nSPS) is 11.0. The van der Waals surface area contributed by atoms with Crippen LogP contribution in [0.3, 0.4) is 0 Å². The monoisotopic (exact) mass is 203 g/mol. The smallest absolute Gasteiger partial charge is 0.0625 e. The number of benzene rings is 1. The average molecular weight is 203 g/mol. The molecule has 0 fully saturated rings. The Hall–Kier alpha value is -1.11. The molecule has 0 saturated heterocycles. The van der Waals surface area contributed by atoms with E-state index in [-0.39, 0.29) is 0 Å². The maximum atomic E-state index is 4.40. The molecule has 0 unspecified atom stereocenters. The first-order valence-corrected chi connectivity index (χ1v) is 6.01. The number of hydrogen-bond acceptors (Lipinski definition) is 1. The number of rotatable bonds is 7. The zero-order chi connectivity index (χ0) is 10.8. The van der Waals surface area contributed by atoms with Crippen LogP contribution in [0.15, 0.2) is 35.3 Å². The van der Waals surface area contributed by atoms with Crippen molar-refractivity contribution < 1.29 is 0 Å². The van der Waals surface area contributed by atoms with Gasteiger partial charge in [0.05, 0.1) is 5.69 Å². The number of nitrogens with zero attached hydrogens (tertiary/aromatic N) is 1. The van der Waals surface area contributed by atoms with Crippen molar-refractivity contribution in [3.8, 4) is 0 Å². The van der Waals surface area contributed by atoms with Crippen LogP contribution in [-0.2, 0) is 0 Å². The van der Waals surface area contributed by atoms with Crippen molar-refractivity contribution in [2.45, 2.75) is 45.4 Å². The summed E-state index contributed by atoms with van der Waals surface area (Å²) >= 11 is 0. The van der Waals surface area contributed by atoms with E-state index in [4.69, 9.17) is 0 Å². The van der Waals surface area contributed by atoms with Gasteiger partial charge in [-0.1, -0.05) is 50.8 Å². The molecule has 0 bridgehead atoms. The molecule has 1 rings (SSSR count). The first-order valence-electron chi connectivity index (χ1n) is 6.01. The molecule has 1 heteroatoms. The fraction of sp³-hybridized carbons (Fsp3) is 0.500. The molecule has 0 aromatic heterocycles. The zero-order valence-corrected chi connectivity index (χ0v) is 9.65. The standard InChI is InChI=1S/C14H21N/c1-2-3-4-5-6-10-13-15-14-11-8-7-9-12-14/h7-9,11-13H,2-6,10H2,1H3. The van der Waals surface area contributed by atoms with E-state index in [1.54, 1.807) is 0 Å². The van der Waals surface area contributed by atoms with Crippen molar-refractivity contribution in [1.29, 1.82) is 0 Å². The highest BCUT2D eigenvalue weighted by Gasteiger charge is 1.87. The molecule has 0 atom stereocenters. The van der Waals surface area contributed by atoms with Gasteiger partial charge in [-0.15, -0.1) is 0 Å². The molecule has 0 N–H and O–H groups in total. The first-order chi connectivity index (χ1) is 7.43. The van der Waals surface area contributed by atoms with Gasteiger partial charge in [0.1, 0.15) is 0 Å². The maximum absolute atomic E-state index is 4.40. The highest BCUT2D eigenvalue weighted by atomic mass is 14.7. The summed E-state index contributed by atoms with van der Waals surface area (Å²) in [7, 11) is 0. The van der Waals surface area contributed by atoms with E-state index in [2.05, 4.69) is 11.9 Å². The summed E-state index contributed by atoms with van der Waals surface area (Å²) in [5.41, 5.74) is 1.06. The molecule has 0 radical (unpaired) electrons. The molecule has 82 valence electrons. The number of aliphatic imine (C=N–C) groups is 1. The molecule has 1 nitrogen and oxygen atoms in total. The minimum absolute atomic E-state index is 1.06. The predicted octanol–water partition coefficient (Wildman–Crippen LogP) is 4.75. The number of unbranched alkanes of at least 4 members (excludes halogenated alkanes) is 5. The van der Waals surface area contributed by atoms with Crippen LogP contribution in [0.5, 0.6) is 0 Å². The quantitative estimate of drug-likeness (QED) is 0.448. The Morgan fingerprint density at radius 2 is 1.73 bits per heavy atom. The molecule has 15 heavy (non-hydrogen) atoms. The Bertz CT molecular complexity index is 264. The molecule has 0 spiro atoms. The molecule has 0 amide bonds. The Morgan fingerprint density at radius 3 is 2.47 bits per heavy atom. The summed E-state index contributed by atoms with van der Waals surface area (Å²) in [6, 6.07) is 10.1. The van der Waals surface area contributed by atoms with Gasteiger partial charge in [-0.3, -0.25) is 4.99 Å². The van der Waals surface area contributed by atoms with Crippen molar-refractivity contribution >= 4 is 11.9 Å². The maximum Gasteiger partial charge on any atom is 0.0625 e. The average Bonchev–Trinajstić information content (AvgIpc) is 2.29. The lowest BCUT2D eigenvalue weighted by atomic mass is 10.1. The summed E-state index contributed by atoms with van der Waals surface area (Å²) in [5, 5.41) is 0. The van der Waals surface area contributed by atoms with Crippen LogP contribution in [0.2, 0.25) is 0 Å².